The van der Waals surface area contributed by atoms with Crippen molar-refractivity contribution in [2.45, 2.75) is 57.0 Å². The summed E-state index contributed by atoms with van der Waals surface area (Å²) in [5.74, 6) is 1.79. The van der Waals surface area contributed by atoms with Crippen LogP contribution in [0, 0.1) is 0 Å². The first kappa shape index (κ1) is 23.2. The number of methoxy groups -OCH3 is 1. The van der Waals surface area contributed by atoms with Crippen molar-refractivity contribution in [1.29, 1.82) is 0 Å². The van der Waals surface area contributed by atoms with Crippen LogP contribution in [0.1, 0.15) is 43.7 Å². The van der Waals surface area contributed by atoms with E-state index in [9.17, 15) is 9.59 Å². The summed E-state index contributed by atoms with van der Waals surface area (Å²) < 4.78 is 5.23. The van der Waals surface area contributed by atoms with E-state index >= 15 is 0 Å². The SMILES string of the molecule is COc1ccc(CN(C(=O)CSCc2ccccc2)C(C)C(=O)NC2CCCC2)cc1. The lowest BCUT2D eigenvalue weighted by atomic mass is 10.1. The Morgan fingerprint density at radius 2 is 1.74 bits per heavy atom. The highest BCUT2D eigenvalue weighted by atomic mass is 32.2. The van der Waals surface area contributed by atoms with Gasteiger partial charge >= 0.3 is 0 Å². The summed E-state index contributed by atoms with van der Waals surface area (Å²) in [6.45, 7) is 2.22. The van der Waals surface area contributed by atoms with Crippen LogP contribution < -0.4 is 10.1 Å². The molecule has 3 rings (SSSR count). The molecule has 31 heavy (non-hydrogen) atoms. The van der Waals surface area contributed by atoms with Crippen LogP contribution in [0.4, 0.5) is 0 Å². The maximum absolute atomic E-state index is 13.1. The quantitative estimate of drug-likeness (QED) is 0.595. The van der Waals surface area contributed by atoms with E-state index in [1.807, 2.05) is 49.4 Å². The molecule has 0 saturated heterocycles. The topological polar surface area (TPSA) is 58.6 Å². The molecule has 0 heterocycles. The Labute approximate surface area is 189 Å². The van der Waals surface area contributed by atoms with E-state index in [-0.39, 0.29) is 17.9 Å². The third-order valence-electron chi connectivity index (χ3n) is 5.72. The molecule has 6 heteroatoms. The predicted molar refractivity (Wildman–Crippen MR) is 126 cm³/mol. The van der Waals surface area contributed by atoms with Gasteiger partial charge < -0.3 is 15.0 Å². The monoisotopic (exact) mass is 440 g/mol. The number of carbonyl (C=O) groups excluding carboxylic acids is 2. The first-order valence-electron chi connectivity index (χ1n) is 10.9. The first-order chi connectivity index (χ1) is 15.1. The molecule has 1 fully saturated rings. The molecule has 1 unspecified atom stereocenters. The fourth-order valence-corrected chi connectivity index (χ4v) is 4.69. The molecule has 0 radical (unpaired) electrons. The molecule has 1 aliphatic carbocycles. The van der Waals surface area contributed by atoms with Gasteiger partial charge in [0, 0.05) is 18.3 Å². The number of hydrogen-bond acceptors (Lipinski definition) is 4. The number of amides is 2. The smallest absolute Gasteiger partial charge is 0.242 e. The van der Waals surface area contributed by atoms with Gasteiger partial charge in [0.25, 0.3) is 0 Å². The third-order valence-corrected chi connectivity index (χ3v) is 6.71. The first-order valence-corrected chi connectivity index (χ1v) is 12.1. The van der Waals surface area contributed by atoms with E-state index in [0.717, 1.165) is 42.7 Å². The van der Waals surface area contributed by atoms with Crippen molar-refractivity contribution in [3.8, 4) is 5.75 Å². The molecule has 2 amide bonds. The number of nitrogens with zero attached hydrogens (tertiary/aromatic N) is 1. The lowest BCUT2D eigenvalue weighted by Gasteiger charge is -2.29. The Morgan fingerprint density at radius 3 is 2.39 bits per heavy atom. The van der Waals surface area contributed by atoms with Crippen molar-refractivity contribution < 1.29 is 14.3 Å². The van der Waals surface area contributed by atoms with Crippen LogP contribution in [0.5, 0.6) is 5.75 Å². The van der Waals surface area contributed by atoms with Crippen LogP contribution in [0.3, 0.4) is 0 Å². The standard InChI is InChI=1S/C25H32N2O3S/c1-19(25(29)26-22-10-6-7-11-22)27(16-20-12-14-23(30-2)15-13-20)24(28)18-31-17-21-8-4-3-5-9-21/h3-5,8-9,12-15,19,22H,6-7,10-11,16-18H2,1-2H3,(H,26,29). The predicted octanol–water partition coefficient (Wildman–Crippen LogP) is 4.40. The van der Waals surface area contributed by atoms with Crippen LogP contribution in [0.15, 0.2) is 54.6 Å². The Hall–Kier alpha value is -2.47. The van der Waals surface area contributed by atoms with Gasteiger partial charge in [0.05, 0.1) is 12.9 Å². The summed E-state index contributed by atoms with van der Waals surface area (Å²) in [4.78, 5) is 27.7. The third kappa shape index (κ3) is 7.03. The van der Waals surface area contributed by atoms with Gasteiger partial charge in [-0.1, -0.05) is 55.3 Å². The largest absolute Gasteiger partial charge is 0.497 e. The van der Waals surface area contributed by atoms with Crippen molar-refractivity contribution in [2.24, 2.45) is 0 Å². The number of carbonyl (C=O) groups is 2. The van der Waals surface area contributed by atoms with Crippen molar-refractivity contribution in [2.75, 3.05) is 12.9 Å². The Morgan fingerprint density at radius 1 is 1.06 bits per heavy atom. The lowest BCUT2D eigenvalue weighted by Crippen LogP contribution is -2.50. The summed E-state index contributed by atoms with van der Waals surface area (Å²) in [5.41, 5.74) is 2.16. The summed E-state index contributed by atoms with van der Waals surface area (Å²) in [7, 11) is 1.63. The molecule has 1 atom stereocenters. The molecule has 0 aromatic heterocycles. The highest BCUT2D eigenvalue weighted by Crippen LogP contribution is 2.20. The van der Waals surface area contributed by atoms with Crippen LogP contribution in [-0.2, 0) is 21.9 Å². The van der Waals surface area contributed by atoms with Crippen molar-refractivity contribution in [1.82, 2.24) is 10.2 Å². The molecular weight excluding hydrogens is 408 g/mol. The lowest BCUT2D eigenvalue weighted by molar-refractivity contribution is -0.138. The van der Waals surface area contributed by atoms with E-state index in [1.165, 1.54) is 5.56 Å². The average Bonchev–Trinajstić information content (AvgIpc) is 3.31. The molecule has 1 saturated carbocycles. The van der Waals surface area contributed by atoms with Crippen LogP contribution in [0.25, 0.3) is 0 Å². The molecule has 1 N–H and O–H groups in total. The highest BCUT2D eigenvalue weighted by molar-refractivity contribution is 7.99. The van der Waals surface area contributed by atoms with E-state index < -0.39 is 6.04 Å². The fraction of sp³-hybridized carbons (Fsp3) is 0.440. The molecular formula is C25H32N2O3S. The molecule has 2 aromatic rings. The number of benzene rings is 2. The molecule has 5 nitrogen and oxygen atoms in total. The van der Waals surface area contributed by atoms with Gasteiger partial charge in [-0.25, -0.2) is 0 Å². The van der Waals surface area contributed by atoms with Crippen LogP contribution in [-0.4, -0.2) is 41.7 Å². The van der Waals surface area contributed by atoms with Gasteiger partial charge in [0.2, 0.25) is 11.8 Å². The molecule has 166 valence electrons. The van der Waals surface area contributed by atoms with Crippen LogP contribution in [0.2, 0.25) is 0 Å². The Kier molecular flexibility index (Phi) is 8.83. The summed E-state index contributed by atoms with van der Waals surface area (Å²) in [5, 5.41) is 3.14. The van der Waals surface area contributed by atoms with Crippen molar-refractivity contribution >= 4 is 23.6 Å². The Balaban J connectivity index is 1.65. The zero-order chi connectivity index (χ0) is 22.1. The van der Waals surface area contributed by atoms with Crippen LogP contribution >= 0.6 is 11.8 Å². The average molecular weight is 441 g/mol. The van der Waals surface area contributed by atoms with Gasteiger partial charge in [0.15, 0.2) is 0 Å². The van der Waals surface area contributed by atoms with E-state index in [0.29, 0.717) is 12.3 Å². The maximum atomic E-state index is 13.1. The second-order valence-corrected chi connectivity index (χ2v) is 9.00. The van der Waals surface area contributed by atoms with Crippen molar-refractivity contribution in [3.63, 3.8) is 0 Å². The fourth-order valence-electron chi connectivity index (χ4n) is 3.82. The number of nitrogens with one attached hydrogen (secondary N) is 1. The zero-order valence-corrected chi connectivity index (χ0v) is 19.2. The van der Waals surface area contributed by atoms with Crippen molar-refractivity contribution in [3.05, 3.63) is 65.7 Å². The minimum atomic E-state index is -0.521. The maximum Gasteiger partial charge on any atom is 0.242 e. The molecule has 0 bridgehead atoms. The van der Waals surface area contributed by atoms with Gasteiger partial charge in [-0.15, -0.1) is 11.8 Å². The van der Waals surface area contributed by atoms with Gasteiger partial charge in [-0.3, -0.25) is 9.59 Å². The highest BCUT2D eigenvalue weighted by Gasteiger charge is 2.28. The summed E-state index contributed by atoms with van der Waals surface area (Å²) >= 11 is 1.58. The molecule has 0 aliphatic heterocycles. The second kappa shape index (κ2) is 11.8. The van der Waals surface area contributed by atoms with Gasteiger partial charge in [0.1, 0.15) is 11.8 Å². The minimum absolute atomic E-state index is 0.0224. The van der Waals surface area contributed by atoms with E-state index in [1.54, 1.807) is 23.8 Å². The number of thioether (sulfide) groups is 1. The van der Waals surface area contributed by atoms with Gasteiger partial charge in [-0.2, -0.15) is 0 Å². The summed E-state index contributed by atoms with van der Waals surface area (Å²) in [6, 6.07) is 17.5. The Bertz CT molecular complexity index is 836. The van der Waals surface area contributed by atoms with E-state index in [4.69, 9.17) is 4.74 Å². The normalized spacial score (nSPS) is 14.8. The number of ether oxygens (including phenoxy) is 1. The zero-order valence-electron chi connectivity index (χ0n) is 18.4. The molecule has 2 aromatic carbocycles. The number of rotatable bonds is 10. The molecule has 0 spiro atoms. The summed E-state index contributed by atoms with van der Waals surface area (Å²) in [6.07, 6.45) is 4.36. The number of hydrogen-bond donors (Lipinski definition) is 1. The molecule has 1 aliphatic rings. The second-order valence-electron chi connectivity index (χ2n) is 8.01. The van der Waals surface area contributed by atoms with E-state index in [2.05, 4.69) is 17.4 Å². The minimum Gasteiger partial charge on any atom is -0.497 e. The van der Waals surface area contributed by atoms with Gasteiger partial charge in [-0.05, 0) is 43.0 Å².